The lowest BCUT2D eigenvalue weighted by molar-refractivity contribution is 0.548. The third-order valence-electron chi connectivity index (χ3n) is 1.40. The highest BCUT2D eigenvalue weighted by Crippen LogP contribution is 2.04. The van der Waals surface area contributed by atoms with Gasteiger partial charge in [0.1, 0.15) is 0 Å². The van der Waals surface area contributed by atoms with Gasteiger partial charge in [0.2, 0.25) is 0 Å². The van der Waals surface area contributed by atoms with Gasteiger partial charge in [-0.25, -0.2) is 12.6 Å². The molecule has 0 radical (unpaired) electrons. The zero-order chi connectivity index (χ0) is 9.78. The van der Waals surface area contributed by atoms with E-state index in [4.69, 9.17) is 4.55 Å². The first-order chi connectivity index (χ1) is 5.45. The van der Waals surface area contributed by atoms with Crippen LogP contribution in [0.2, 0.25) is 0 Å². The molecule has 5 nitrogen and oxygen atoms in total. The minimum Gasteiger partial charge on any atom is -0.317 e. The van der Waals surface area contributed by atoms with Crippen molar-refractivity contribution in [2.24, 2.45) is 0 Å². The van der Waals surface area contributed by atoms with Crippen LogP contribution < -0.4 is 5.32 Å². The van der Waals surface area contributed by atoms with Crippen LogP contribution in [0.1, 0.15) is 6.92 Å². The van der Waals surface area contributed by atoms with Gasteiger partial charge < -0.3 is 9.87 Å². The van der Waals surface area contributed by atoms with E-state index in [0.717, 1.165) is 0 Å². The molecular weight excluding hydrogens is 202 g/mol. The van der Waals surface area contributed by atoms with Crippen molar-refractivity contribution < 1.29 is 17.2 Å². The summed E-state index contributed by atoms with van der Waals surface area (Å²) >= 11 is -2.32. The van der Waals surface area contributed by atoms with Crippen molar-refractivity contribution in [1.82, 2.24) is 5.32 Å². The van der Waals surface area contributed by atoms with Gasteiger partial charge in [-0.05, 0) is 7.05 Å². The summed E-state index contributed by atoms with van der Waals surface area (Å²) in [6.07, 6.45) is 0. The van der Waals surface area contributed by atoms with Crippen molar-refractivity contribution >= 4 is 20.9 Å². The summed E-state index contributed by atoms with van der Waals surface area (Å²) in [5, 5.41) is 2.56. The van der Waals surface area contributed by atoms with E-state index in [0.29, 0.717) is 0 Å². The standard InChI is InChI=1S/C5H13NO4S2/c1-3-12(9,10)5(4-6-2)11(7)8/h5-6H,3-4H2,1-2H3,(H,7,8). The van der Waals surface area contributed by atoms with Gasteiger partial charge in [0.15, 0.2) is 25.5 Å². The molecular formula is C5H13NO4S2. The molecule has 2 atom stereocenters. The van der Waals surface area contributed by atoms with E-state index < -0.39 is 25.5 Å². The zero-order valence-electron chi connectivity index (χ0n) is 6.98. The van der Waals surface area contributed by atoms with Gasteiger partial charge in [0, 0.05) is 12.3 Å². The smallest absolute Gasteiger partial charge is 0.174 e. The van der Waals surface area contributed by atoms with Crippen molar-refractivity contribution in [2.75, 3.05) is 19.3 Å². The maximum Gasteiger partial charge on any atom is 0.174 e. The number of nitrogens with one attached hydrogen (secondary N) is 1. The molecule has 0 rings (SSSR count). The molecule has 7 heteroatoms. The van der Waals surface area contributed by atoms with Crippen LogP contribution in [-0.2, 0) is 20.9 Å². The van der Waals surface area contributed by atoms with Gasteiger partial charge in [0.05, 0.1) is 0 Å². The van der Waals surface area contributed by atoms with Crippen LogP contribution in [0, 0.1) is 0 Å². The molecule has 0 spiro atoms. The third kappa shape index (κ3) is 3.18. The first kappa shape index (κ1) is 12.0. The van der Waals surface area contributed by atoms with E-state index in [1.165, 1.54) is 14.0 Å². The first-order valence-electron chi connectivity index (χ1n) is 3.41. The molecule has 12 heavy (non-hydrogen) atoms. The first-order valence-corrected chi connectivity index (χ1v) is 6.30. The van der Waals surface area contributed by atoms with E-state index in [1.54, 1.807) is 0 Å². The Balaban J connectivity index is 4.63. The summed E-state index contributed by atoms with van der Waals surface area (Å²) in [5.41, 5.74) is 0. The predicted octanol–water partition coefficient (Wildman–Crippen LogP) is -0.812. The number of rotatable bonds is 5. The molecule has 0 saturated carbocycles. The second kappa shape index (κ2) is 4.90. The summed E-state index contributed by atoms with van der Waals surface area (Å²) in [5.74, 6) is -0.119. The largest absolute Gasteiger partial charge is 0.317 e. The third-order valence-corrected chi connectivity index (χ3v) is 5.16. The van der Waals surface area contributed by atoms with E-state index >= 15 is 0 Å². The molecule has 0 aliphatic heterocycles. The van der Waals surface area contributed by atoms with Crippen molar-refractivity contribution in [3.05, 3.63) is 0 Å². The van der Waals surface area contributed by atoms with Gasteiger partial charge in [-0.2, -0.15) is 0 Å². The Morgan fingerprint density at radius 2 is 2.08 bits per heavy atom. The van der Waals surface area contributed by atoms with Crippen LogP contribution in [-0.4, -0.2) is 41.1 Å². The highest BCUT2D eigenvalue weighted by atomic mass is 32.3. The van der Waals surface area contributed by atoms with Crippen LogP contribution in [0.15, 0.2) is 0 Å². The van der Waals surface area contributed by atoms with E-state index in [1.807, 2.05) is 0 Å². The number of sulfone groups is 1. The lowest BCUT2D eigenvalue weighted by atomic mass is 10.7. The van der Waals surface area contributed by atoms with Gasteiger partial charge >= 0.3 is 0 Å². The molecule has 0 aromatic carbocycles. The van der Waals surface area contributed by atoms with Gasteiger partial charge in [0.25, 0.3) is 0 Å². The second-order valence-electron chi connectivity index (χ2n) is 2.21. The molecule has 0 aliphatic carbocycles. The van der Waals surface area contributed by atoms with Crippen LogP contribution in [0.4, 0.5) is 0 Å². The van der Waals surface area contributed by atoms with Gasteiger partial charge in [-0.3, -0.25) is 0 Å². The van der Waals surface area contributed by atoms with Gasteiger partial charge in [-0.1, -0.05) is 6.92 Å². The lowest BCUT2D eigenvalue weighted by Crippen LogP contribution is -2.36. The minimum atomic E-state index is -3.43. The Morgan fingerprint density at radius 3 is 2.33 bits per heavy atom. The molecule has 0 bridgehead atoms. The maximum absolute atomic E-state index is 11.1. The van der Waals surface area contributed by atoms with E-state index in [9.17, 15) is 12.6 Å². The fraction of sp³-hybridized carbons (Fsp3) is 1.00. The Morgan fingerprint density at radius 1 is 1.58 bits per heavy atom. The molecule has 0 saturated heterocycles. The minimum absolute atomic E-state index is 0.000710. The topological polar surface area (TPSA) is 83.5 Å². The summed E-state index contributed by atoms with van der Waals surface area (Å²) in [6.45, 7) is 1.45. The average molecular weight is 215 g/mol. The monoisotopic (exact) mass is 215 g/mol. The molecule has 2 N–H and O–H groups in total. The Labute approximate surface area is 74.8 Å². The summed E-state index contributed by atoms with van der Waals surface area (Å²) < 4.78 is 40.3. The Hall–Kier alpha value is 0.0200. The second-order valence-corrected chi connectivity index (χ2v) is 6.11. The van der Waals surface area contributed by atoms with E-state index in [-0.39, 0.29) is 12.3 Å². The molecule has 0 aliphatic rings. The molecule has 0 amide bonds. The quantitative estimate of drug-likeness (QED) is 0.586. The van der Waals surface area contributed by atoms with Gasteiger partial charge in [-0.15, -0.1) is 0 Å². The number of hydrogen-bond donors (Lipinski definition) is 2. The highest BCUT2D eigenvalue weighted by molar-refractivity contribution is 8.04. The SMILES string of the molecule is CCS(=O)(=O)C(CNC)S(=O)O. The van der Waals surface area contributed by atoms with Crippen LogP contribution in [0.25, 0.3) is 0 Å². The average Bonchev–Trinajstić information content (AvgIpc) is 1.99. The van der Waals surface area contributed by atoms with Crippen molar-refractivity contribution in [3.63, 3.8) is 0 Å². The van der Waals surface area contributed by atoms with E-state index in [2.05, 4.69) is 5.32 Å². The number of hydrogen-bond acceptors (Lipinski definition) is 4. The molecule has 0 aromatic rings. The van der Waals surface area contributed by atoms with Crippen molar-refractivity contribution in [1.29, 1.82) is 0 Å². The molecule has 0 aromatic heterocycles. The molecule has 0 fully saturated rings. The molecule has 0 heterocycles. The fourth-order valence-corrected chi connectivity index (χ4v) is 3.19. The zero-order valence-corrected chi connectivity index (χ0v) is 8.61. The molecule has 2 unspecified atom stereocenters. The normalized spacial score (nSPS) is 17.2. The molecule has 74 valence electrons. The summed E-state index contributed by atoms with van der Waals surface area (Å²) in [6, 6.07) is 0. The highest BCUT2D eigenvalue weighted by Gasteiger charge is 2.28. The summed E-state index contributed by atoms with van der Waals surface area (Å²) in [7, 11) is -1.90. The summed E-state index contributed by atoms with van der Waals surface area (Å²) in [4.78, 5) is 0. The maximum atomic E-state index is 11.1. The Bertz CT molecular complexity index is 248. The predicted molar refractivity (Wildman–Crippen MR) is 47.9 cm³/mol. The van der Waals surface area contributed by atoms with Crippen LogP contribution >= 0.6 is 0 Å². The van der Waals surface area contributed by atoms with Crippen LogP contribution in [0.5, 0.6) is 0 Å². The Kier molecular flexibility index (Phi) is 4.91. The fourth-order valence-electron chi connectivity index (χ4n) is 0.676. The van der Waals surface area contributed by atoms with Crippen molar-refractivity contribution in [2.45, 2.75) is 11.5 Å². The van der Waals surface area contributed by atoms with Crippen molar-refractivity contribution in [3.8, 4) is 0 Å². The lowest BCUT2D eigenvalue weighted by Gasteiger charge is -2.11. The van der Waals surface area contributed by atoms with Crippen LogP contribution in [0.3, 0.4) is 0 Å².